The first-order valence-corrected chi connectivity index (χ1v) is 3.97. The molecule has 0 fully saturated rings. The fourth-order valence-electron chi connectivity index (χ4n) is 1.07. The number of nitrogens with one attached hydrogen (secondary N) is 1. The molecule has 0 aromatic heterocycles. The SMILES string of the molecule is CNCCc1c(O)ccc(F)c1F. The zero-order valence-electron chi connectivity index (χ0n) is 7.27. The Labute approximate surface area is 75.2 Å². The molecule has 0 aliphatic heterocycles. The van der Waals surface area contributed by atoms with E-state index in [9.17, 15) is 13.9 Å². The second-order valence-electron chi connectivity index (χ2n) is 2.71. The molecule has 0 saturated carbocycles. The number of rotatable bonds is 3. The van der Waals surface area contributed by atoms with Crippen LogP contribution in [0.3, 0.4) is 0 Å². The van der Waals surface area contributed by atoms with Crippen LogP contribution in [-0.4, -0.2) is 18.7 Å². The number of phenols is 1. The lowest BCUT2D eigenvalue weighted by Crippen LogP contribution is -2.11. The van der Waals surface area contributed by atoms with E-state index in [0.717, 1.165) is 12.1 Å². The third-order valence-electron chi connectivity index (χ3n) is 1.80. The predicted octanol–water partition coefficient (Wildman–Crippen LogP) is 1.43. The van der Waals surface area contributed by atoms with Crippen LogP contribution in [0.1, 0.15) is 5.56 Å². The van der Waals surface area contributed by atoms with Gasteiger partial charge in [0.15, 0.2) is 11.6 Å². The summed E-state index contributed by atoms with van der Waals surface area (Å²) in [7, 11) is 1.70. The summed E-state index contributed by atoms with van der Waals surface area (Å²) < 4.78 is 25.7. The molecule has 13 heavy (non-hydrogen) atoms. The van der Waals surface area contributed by atoms with Crippen molar-refractivity contribution >= 4 is 0 Å². The molecule has 0 unspecified atom stereocenters. The van der Waals surface area contributed by atoms with Gasteiger partial charge in [-0.3, -0.25) is 0 Å². The normalized spacial score (nSPS) is 10.4. The minimum Gasteiger partial charge on any atom is -0.508 e. The molecule has 2 nitrogen and oxygen atoms in total. The number of likely N-dealkylation sites (N-methyl/N-ethyl adjacent to an activating group) is 1. The lowest BCUT2D eigenvalue weighted by atomic mass is 10.1. The molecule has 0 aliphatic rings. The van der Waals surface area contributed by atoms with Gasteiger partial charge in [-0.05, 0) is 32.1 Å². The second-order valence-corrected chi connectivity index (χ2v) is 2.71. The summed E-state index contributed by atoms with van der Waals surface area (Å²) in [6, 6.07) is 2.07. The Balaban J connectivity index is 2.96. The van der Waals surface area contributed by atoms with Crippen molar-refractivity contribution in [2.45, 2.75) is 6.42 Å². The lowest BCUT2D eigenvalue weighted by Gasteiger charge is -2.05. The number of hydrogen-bond acceptors (Lipinski definition) is 2. The van der Waals surface area contributed by atoms with E-state index in [1.807, 2.05) is 0 Å². The largest absolute Gasteiger partial charge is 0.508 e. The first-order valence-electron chi connectivity index (χ1n) is 3.97. The zero-order valence-corrected chi connectivity index (χ0v) is 7.27. The summed E-state index contributed by atoms with van der Waals surface area (Å²) in [5, 5.41) is 12.0. The van der Waals surface area contributed by atoms with Crippen LogP contribution in [0.4, 0.5) is 8.78 Å². The van der Waals surface area contributed by atoms with E-state index < -0.39 is 11.6 Å². The van der Waals surface area contributed by atoms with Crippen LogP contribution < -0.4 is 5.32 Å². The number of phenolic OH excluding ortho intramolecular Hbond substituents is 1. The van der Waals surface area contributed by atoms with Gasteiger partial charge in [-0.1, -0.05) is 0 Å². The molecule has 4 heteroatoms. The summed E-state index contributed by atoms with van der Waals surface area (Å²) in [5.74, 6) is -2.09. The Morgan fingerprint density at radius 3 is 2.69 bits per heavy atom. The summed E-state index contributed by atoms with van der Waals surface area (Å²) in [4.78, 5) is 0. The van der Waals surface area contributed by atoms with Gasteiger partial charge in [-0.15, -0.1) is 0 Å². The standard InChI is InChI=1S/C9H11F2NO/c1-12-5-4-6-8(13)3-2-7(10)9(6)11/h2-3,12-13H,4-5H2,1H3. The highest BCUT2D eigenvalue weighted by atomic mass is 19.2. The Hall–Kier alpha value is -1.16. The van der Waals surface area contributed by atoms with E-state index in [-0.39, 0.29) is 17.7 Å². The third-order valence-corrected chi connectivity index (χ3v) is 1.80. The number of aromatic hydroxyl groups is 1. The van der Waals surface area contributed by atoms with Gasteiger partial charge in [0.1, 0.15) is 5.75 Å². The average Bonchev–Trinajstić information content (AvgIpc) is 2.12. The summed E-state index contributed by atoms with van der Waals surface area (Å²) in [6.07, 6.45) is 0.270. The highest BCUT2D eigenvalue weighted by molar-refractivity contribution is 5.34. The van der Waals surface area contributed by atoms with Crippen molar-refractivity contribution in [3.8, 4) is 5.75 Å². The van der Waals surface area contributed by atoms with Gasteiger partial charge in [-0.2, -0.15) is 0 Å². The van der Waals surface area contributed by atoms with Gasteiger partial charge in [0.25, 0.3) is 0 Å². The van der Waals surface area contributed by atoms with Gasteiger partial charge >= 0.3 is 0 Å². The maximum Gasteiger partial charge on any atom is 0.165 e. The van der Waals surface area contributed by atoms with Gasteiger partial charge in [0.2, 0.25) is 0 Å². The van der Waals surface area contributed by atoms with E-state index in [0.29, 0.717) is 6.54 Å². The molecule has 1 aromatic rings. The van der Waals surface area contributed by atoms with E-state index in [2.05, 4.69) is 5.32 Å². The molecule has 0 heterocycles. The summed E-state index contributed by atoms with van der Waals surface area (Å²) >= 11 is 0. The van der Waals surface area contributed by atoms with Gasteiger partial charge < -0.3 is 10.4 Å². The third kappa shape index (κ3) is 2.15. The Kier molecular flexibility index (Phi) is 3.19. The quantitative estimate of drug-likeness (QED) is 0.750. The molecule has 0 bridgehead atoms. The molecule has 0 spiro atoms. The van der Waals surface area contributed by atoms with Crippen molar-refractivity contribution in [1.29, 1.82) is 0 Å². The number of benzene rings is 1. The van der Waals surface area contributed by atoms with Crippen LogP contribution in [0.2, 0.25) is 0 Å². The van der Waals surface area contributed by atoms with E-state index >= 15 is 0 Å². The molecule has 0 amide bonds. The van der Waals surface area contributed by atoms with Crippen LogP contribution in [0.5, 0.6) is 5.75 Å². The van der Waals surface area contributed by atoms with Gasteiger partial charge in [0.05, 0.1) is 0 Å². The topological polar surface area (TPSA) is 32.3 Å². The minimum absolute atomic E-state index is 0.0225. The lowest BCUT2D eigenvalue weighted by molar-refractivity contribution is 0.440. The van der Waals surface area contributed by atoms with Crippen molar-refractivity contribution < 1.29 is 13.9 Å². The van der Waals surface area contributed by atoms with E-state index in [1.165, 1.54) is 0 Å². The predicted molar refractivity (Wildman–Crippen MR) is 45.7 cm³/mol. The maximum atomic E-state index is 13.0. The average molecular weight is 187 g/mol. The first-order chi connectivity index (χ1) is 6.16. The maximum absolute atomic E-state index is 13.0. The molecular weight excluding hydrogens is 176 g/mol. The fraction of sp³-hybridized carbons (Fsp3) is 0.333. The van der Waals surface area contributed by atoms with Crippen LogP contribution >= 0.6 is 0 Å². The number of hydrogen-bond donors (Lipinski definition) is 2. The summed E-state index contributed by atoms with van der Waals surface area (Å²) in [6.45, 7) is 0.494. The Morgan fingerprint density at radius 1 is 1.38 bits per heavy atom. The van der Waals surface area contributed by atoms with Crippen molar-refractivity contribution in [2.75, 3.05) is 13.6 Å². The summed E-state index contributed by atoms with van der Waals surface area (Å²) in [5.41, 5.74) is 0.0225. The van der Waals surface area contributed by atoms with Gasteiger partial charge in [-0.25, -0.2) is 8.78 Å². The van der Waals surface area contributed by atoms with Crippen molar-refractivity contribution in [3.63, 3.8) is 0 Å². The minimum atomic E-state index is -0.963. The highest BCUT2D eigenvalue weighted by Crippen LogP contribution is 2.22. The van der Waals surface area contributed by atoms with E-state index in [4.69, 9.17) is 0 Å². The Bertz CT molecular complexity index is 302. The van der Waals surface area contributed by atoms with Crippen molar-refractivity contribution in [2.24, 2.45) is 0 Å². The van der Waals surface area contributed by atoms with Crippen molar-refractivity contribution in [3.05, 3.63) is 29.3 Å². The van der Waals surface area contributed by atoms with Crippen LogP contribution in [-0.2, 0) is 6.42 Å². The second kappa shape index (κ2) is 4.18. The van der Waals surface area contributed by atoms with Crippen molar-refractivity contribution in [1.82, 2.24) is 5.32 Å². The van der Waals surface area contributed by atoms with Gasteiger partial charge in [0, 0.05) is 5.56 Å². The zero-order chi connectivity index (χ0) is 9.84. The van der Waals surface area contributed by atoms with Crippen LogP contribution in [0, 0.1) is 11.6 Å². The van der Waals surface area contributed by atoms with Crippen LogP contribution in [0.15, 0.2) is 12.1 Å². The van der Waals surface area contributed by atoms with E-state index in [1.54, 1.807) is 7.05 Å². The molecule has 1 rings (SSSR count). The molecule has 2 N–H and O–H groups in total. The molecule has 0 aliphatic carbocycles. The fourth-order valence-corrected chi connectivity index (χ4v) is 1.07. The molecule has 0 atom stereocenters. The molecule has 72 valence electrons. The first kappa shape index (κ1) is 9.92. The molecule has 0 radical (unpaired) electrons. The monoisotopic (exact) mass is 187 g/mol. The van der Waals surface area contributed by atoms with Crippen LogP contribution in [0.25, 0.3) is 0 Å². The smallest absolute Gasteiger partial charge is 0.165 e. The molecular formula is C9H11F2NO. The molecule has 1 aromatic carbocycles. The number of halogens is 2. The Morgan fingerprint density at radius 2 is 2.08 bits per heavy atom. The highest BCUT2D eigenvalue weighted by Gasteiger charge is 2.11. The molecule has 0 saturated heterocycles.